The van der Waals surface area contributed by atoms with Gasteiger partial charge in [0.1, 0.15) is 0 Å². The minimum atomic E-state index is 0.686. The molecule has 296 valence electrons. The third kappa shape index (κ3) is 9.85. The van der Waals surface area contributed by atoms with Crippen LogP contribution in [-0.4, -0.2) is 9.83 Å². The molecule has 4 aromatic carbocycles. The normalized spacial score (nSPS) is 17.6. The smallest absolute Gasteiger partial charge is 0.0649 e. The number of hydrogen-bond donors (Lipinski definition) is 0. The summed E-state index contributed by atoms with van der Waals surface area (Å²) < 4.78 is 7.83. The summed E-state index contributed by atoms with van der Waals surface area (Å²) in [6.07, 6.45) is 16.3. The first-order valence-corrected chi connectivity index (χ1v) is 26.6. The van der Waals surface area contributed by atoms with Gasteiger partial charge in [-0.1, -0.05) is 116 Å². The first-order chi connectivity index (χ1) is 27.2. The molecule has 3 aromatic heterocycles. The Morgan fingerprint density at radius 1 is 0.589 bits per heavy atom. The Balaban J connectivity index is 0.941. The van der Waals surface area contributed by atoms with E-state index in [0.29, 0.717) is 4.58 Å². The van der Waals surface area contributed by atoms with Crippen LogP contribution in [0.2, 0.25) is 0 Å². The van der Waals surface area contributed by atoms with Gasteiger partial charge in [0.05, 0.1) is 18.2 Å². The maximum atomic E-state index is 2.48. The van der Waals surface area contributed by atoms with E-state index in [9.17, 15) is 0 Å². The van der Waals surface area contributed by atoms with E-state index in [-0.39, 0.29) is 0 Å². The van der Waals surface area contributed by atoms with Crippen LogP contribution in [-0.2, 0) is 6.42 Å². The summed E-state index contributed by atoms with van der Waals surface area (Å²) in [4.78, 5) is 4.30. The zero-order chi connectivity index (χ0) is 38.8. The highest BCUT2D eigenvalue weighted by atomic mass is 32.2. The molecule has 0 bridgehead atoms. The average molecular weight is 853 g/mol. The Labute approximate surface area is 361 Å². The van der Waals surface area contributed by atoms with Crippen molar-refractivity contribution in [1.29, 1.82) is 0 Å². The van der Waals surface area contributed by atoms with E-state index in [4.69, 9.17) is 0 Å². The van der Waals surface area contributed by atoms with Crippen molar-refractivity contribution in [2.24, 2.45) is 23.7 Å². The van der Waals surface area contributed by atoms with E-state index < -0.39 is 0 Å². The molecular formula is C50H60S6. The first kappa shape index (κ1) is 41.1. The third-order valence-electron chi connectivity index (χ3n) is 12.0. The predicted octanol–water partition coefficient (Wildman–Crippen LogP) is 18.7. The van der Waals surface area contributed by atoms with Gasteiger partial charge in [-0.25, -0.2) is 0 Å². The number of thioether (sulfide) groups is 2. The molecule has 4 atom stereocenters. The molecule has 8 rings (SSSR count). The van der Waals surface area contributed by atoms with Crippen molar-refractivity contribution < 1.29 is 0 Å². The van der Waals surface area contributed by atoms with Gasteiger partial charge in [0.2, 0.25) is 0 Å². The van der Waals surface area contributed by atoms with Gasteiger partial charge in [-0.2, -0.15) is 0 Å². The molecule has 1 saturated heterocycles. The Hall–Kier alpha value is -1.67. The largest absolute Gasteiger partial charge is 0.144 e. The van der Waals surface area contributed by atoms with Crippen LogP contribution in [0.1, 0.15) is 117 Å². The molecule has 0 saturated carbocycles. The average Bonchev–Trinajstić information content (AvgIpc) is 3.97. The molecule has 0 amide bonds. The number of hydrogen-bond acceptors (Lipinski definition) is 6. The summed E-state index contributed by atoms with van der Waals surface area (Å²) >= 11 is 12.3. The quantitative estimate of drug-likeness (QED) is 0.0844. The van der Waals surface area contributed by atoms with Crippen molar-refractivity contribution in [2.45, 2.75) is 142 Å². The fourth-order valence-corrected chi connectivity index (χ4v) is 16.8. The molecule has 4 heterocycles. The molecule has 0 aliphatic carbocycles. The highest BCUT2D eigenvalue weighted by molar-refractivity contribution is 8.17. The second-order valence-electron chi connectivity index (χ2n) is 17.7. The highest BCUT2D eigenvalue weighted by Crippen LogP contribution is 2.50. The van der Waals surface area contributed by atoms with Crippen molar-refractivity contribution in [2.75, 3.05) is 0 Å². The SMILES string of the molecule is CC(C)CCCC(C)CCc1ccc(Sc2ccc3c(ccc4sc5c(sc6ccc7cc(SC8CCC(CCC(C)CCCC(C)C)S8)ccc7c65)c43)c2)s1. The molecule has 1 aliphatic heterocycles. The molecule has 0 spiro atoms. The molecule has 6 heteroatoms. The molecule has 0 nitrogen and oxygen atoms in total. The zero-order valence-corrected chi connectivity index (χ0v) is 39.2. The van der Waals surface area contributed by atoms with Crippen LogP contribution in [0.15, 0.2) is 86.8 Å². The second-order valence-corrected chi connectivity index (χ2v) is 25.4. The van der Waals surface area contributed by atoms with Gasteiger partial charge >= 0.3 is 0 Å². The van der Waals surface area contributed by atoms with Gasteiger partial charge in [-0.15, -0.1) is 57.5 Å². The fourth-order valence-electron chi connectivity index (χ4n) is 8.68. The van der Waals surface area contributed by atoms with E-state index in [1.54, 1.807) is 0 Å². The Morgan fingerprint density at radius 3 is 1.84 bits per heavy atom. The maximum Gasteiger partial charge on any atom is 0.0649 e. The first-order valence-electron chi connectivity index (χ1n) is 21.5. The van der Waals surface area contributed by atoms with E-state index in [0.717, 1.165) is 28.9 Å². The molecule has 0 radical (unpaired) electrons. The highest BCUT2D eigenvalue weighted by Gasteiger charge is 2.26. The Kier molecular flexibility index (Phi) is 13.7. The lowest BCUT2D eigenvalue weighted by molar-refractivity contribution is 0.424. The van der Waals surface area contributed by atoms with Crippen molar-refractivity contribution in [3.63, 3.8) is 0 Å². The predicted molar refractivity (Wildman–Crippen MR) is 262 cm³/mol. The van der Waals surface area contributed by atoms with Crippen LogP contribution >= 0.6 is 69.3 Å². The van der Waals surface area contributed by atoms with Gasteiger partial charge in [0, 0.05) is 40.1 Å². The van der Waals surface area contributed by atoms with E-state index in [1.165, 1.54) is 147 Å². The summed E-state index contributed by atoms with van der Waals surface area (Å²) in [5.41, 5.74) is 0. The number of benzene rings is 4. The van der Waals surface area contributed by atoms with Crippen LogP contribution in [0.5, 0.6) is 0 Å². The van der Waals surface area contributed by atoms with Gasteiger partial charge in [-0.05, 0) is 132 Å². The van der Waals surface area contributed by atoms with Crippen LogP contribution in [0.25, 0.3) is 51.1 Å². The van der Waals surface area contributed by atoms with Crippen LogP contribution in [0.3, 0.4) is 0 Å². The van der Waals surface area contributed by atoms with E-state index in [1.807, 2.05) is 45.8 Å². The minimum Gasteiger partial charge on any atom is -0.144 e. The van der Waals surface area contributed by atoms with Crippen LogP contribution in [0, 0.1) is 23.7 Å². The Bertz CT molecular complexity index is 2390. The van der Waals surface area contributed by atoms with Crippen molar-refractivity contribution in [3.05, 3.63) is 77.7 Å². The molecule has 1 aliphatic rings. The van der Waals surface area contributed by atoms with E-state index >= 15 is 0 Å². The fraction of sp³-hybridized carbons (Fsp3) is 0.480. The topological polar surface area (TPSA) is 0 Å². The van der Waals surface area contributed by atoms with Crippen molar-refractivity contribution in [1.82, 2.24) is 0 Å². The zero-order valence-electron chi connectivity index (χ0n) is 34.3. The molecular weight excluding hydrogens is 793 g/mol. The molecule has 7 aromatic rings. The lowest BCUT2D eigenvalue weighted by atomic mass is 9.95. The van der Waals surface area contributed by atoms with Crippen LogP contribution in [0.4, 0.5) is 0 Å². The number of rotatable bonds is 18. The summed E-state index contributed by atoms with van der Waals surface area (Å²) in [5.74, 6) is 3.35. The van der Waals surface area contributed by atoms with Gasteiger partial charge in [-0.3, -0.25) is 0 Å². The molecule has 56 heavy (non-hydrogen) atoms. The number of fused-ring (bicyclic) bond motifs is 9. The maximum absolute atomic E-state index is 2.48. The summed E-state index contributed by atoms with van der Waals surface area (Å²) in [5, 5.41) is 9.27. The standard InChI is InChI=1S/C50H60S6/c1-31(2)9-7-11-33(5)13-17-37-21-27-45(51-37)53-39-19-23-41-35(29-39)15-25-43-47(41)49-50(55-43)48-42-24-20-40(30-36(42)16-26-44(48)56-49)54-46-28-22-38(52-46)18-14-34(6)12-8-10-32(3)4/h15-16,19-21,23-27,29-34,38,46H,7-14,17-18,22,28H2,1-6H3. The number of thiophene rings is 3. The van der Waals surface area contributed by atoms with Gasteiger partial charge in [0.15, 0.2) is 0 Å². The Morgan fingerprint density at radius 2 is 1.20 bits per heavy atom. The molecule has 1 fully saturated rings. The summed E-state index contributed by atoms with van der Waals surface area (Å²) in [6.45, 7) is 14.3. The summed E-state index contributed by atoms with van der Waals surface area (Å²) in [7, 11) is 0. The van der Waals surface area contributed by atoms with Crippen LogP contribution < -0.4 is 0 Å². The summed E-state index contributed by atoms with van der Waals surface area (Å²) in [6, 6.07) is 28.7. The lowest BCUT2D eigenvalue weighted by Gasteiger charge is -2.16. The van der Waals surface area contributed by atoms with Crippen molar-refractivity contribution >= 4 is 120 Å². The lowest BCUT2D eigenvalue weighted by Crippen LogP contribution is -2.03. The minimum absolute atomic E-state index is 0.686. The van der Waals surface area contributed by atoms with Gasteiger partial charge < -0.3 is 0 Å². The van der Waals surface area contributed by atoms with E-state index in [2.05, 4.69) is 138 Å². The van der Waals surface area contributed by atoms with Gasteiger partial charge in [0.25, 0.3) is 0 Å². The van der Waals surface area contributed by atoms with Crippen molar-refractivity contribution in [3.8, 4) is 0 Å². The molecule has 4 unspecified atom stereocenters. The second kappa shape index (κ2) is 18.7. The molecule has 0 N–H and O–H groups in total. The third-order valence-corrected chi connectivity index (χ3v) is 19.8. The monoisotopic (exact) mass is 852 g/mol. The number of aryl methyl sites for hydroxylation is 1.